The number of benzene rings is 3. The first-order valence-corrected chi connectivity index (χ1v) is 6.82. The largest absolute Gasteiger partial charge is 0.457 e. The zero-order chi connectivity index (χ0) is 14.7. The Balaban J connectivity index is 1.94. The molecular weight excluding hydrogens is 263 g/mol. The van der Waals surface area contributed by atoms with Gasteiger partial charge in [0.15, 0.2) is 0 Å². The minimum Gasteiger partial charge on any atom is -0.457 e. The number of aryl methyl sites for hydroxylation is 1. The molecule has 104 valence electrons. The monoisotopic (exact) mass is 278 g/mol. The molecule has 1 nitrogen and oxygen atoms in total. The summed E-state index contributed by atoms with van der Waals surface area (Å²) in [5.41, 5.74) is 2.54. The maximum absolute atomic E-state index is 14.0. The van der Waals surface area contributed by atoms with E-state index in [-0.39, 0.29) is 5.82 Å². The van der Waals surface area contributed by atoms with Crippen LogP contribution >= 0.6 is 0 Å². The van der Waals surface area contributed by atoms with E-state index in [0.29, 0.717) is 11.3 Å². The number of para-hydroxylation sites is 1. The van der Waals surface area contributed by atoms with E-state index in [2.05, 4.69) is 0 Å². The molecule has 0 unspecified atom stereocenters. The molecule has 0 aliphatic rings. The first-order chi connectivity index (χ1) is 10.2. The van der Waals surface area contributed by atoms with E-state index in [1.165, 1.54) is 6.07 Å². The highest BCUT2D eigenvalue weighted by molar-refractivity contribution is 5.66. The quantitative estimate of drug-likeness (QED) is 0.606. The molecule has 0 bridgehead atoms. The van der Waals surface area contributed by atoms with Crippen LogP contribution in [0.15, 0.2) is 72.8 Å². The second-order valence-electron chi connectivity index (χ2n) is 4.92. The van der Waals surface area contributed by atoms with Crippen LogP contribution in [0.4, 0.5) is 4.39 Å². The second-order valence-corrected chi connectivity index (χ2v) is 4.92. The van der Waals surface area contributed by atoms with E-state index in [4.69, 9.17) is 4.74 Å². The molecule has 0 heterocycles. The van der Waals surface area contributed by atoms with E-state index in [1.807, 2.05) is 61.5 Å². The van der Waals surface area contributed by atoms with E-state index in [0.717, 1.165) is 16.9 Å². The third-order valence-electron chi connectivity index (χ3n) is 3.28. The normalized spacial score (nSPS) is 10.4. The molecule has 0 aliphatic carbocycles. The maximum atomic E-state index is 14.0. The molecule has 21 heavy (non-hydrogen) atoms. The van der Waals surface area contributed by atoms with Gasteiger partial charge in [0.05, 0.1) is 0 Å². The number of halogens is 1. The average molecular weight is 278 g/mol. The molecule has 0 aromatic heterocycles. The van der Waals surface area contributed by atoms with Crippen LogP contribution in [0.5, 0.6) is 11.5 Å². The fourth-order valence-corrected chi connectivity index (χ4v) is 2.15. The van der Waals surface area contributed by atoms with Gasteiger partial charge >= 0.3 is 0 Å². The number of hydrogen-bond donors (Lipinski definition) is 0. The number of hydrogen-bond acceptors (Lipinski definition) is 1. The summed E-state index contributed by atoms with van der Waals surface area (Å²) in [6.45, 7) is 2.01. The average Bonchev–Trinajstić information content (AvgIpc) is 2.51. The van der Waals surface area contributed by atoms with Gasteiger partial charge in [-0.3, -0.25) is 0 Å². The molecule has 0 radical (unpaired) electrons. The van der Waals surface area contributed by atoms with Crippen LogP contribution in [0.1, 0.15) is 5.56 Å². The Morgan fingerprint density at radius 3 is 2.19 bits per heavy atom. The number of rotatable bonds is 3. The molecule has 3 rings (SSSR count). The summed E-state index contributed by atoms with van der Waals surface area (Å²) in [6.07, 6.45) is 0. The van der Waals surface area contributed by atoms with Crippen molar-refractivity contribution < 1.29 is 9.13 Å². The highest BCUT2D eigenvalue weighted by Crippen LogP contribution is 2.29. The van der Waals surface area contributed by atoms with Crippen LogP contribution in [0, 0.1) is 12.7 Å². The van der Waals surface area contributed by atoms with Crippen molar-refractivity contribution in [1.29, 1.82) is 0 Å². The minimum atomic E-state index is -0.251. The summed E-state index contributed by atoms with van der Waals surface area (Å²) < 4.78 is 19.8. The summed E-state index contributed by atoms with van der Waals surface area (Å²) in [6, 6.07) is 22.1. The third-order valence-corrected chi connectivity index (χ3v) is 3.28. The fourth-order valence-electron chi connectivity index (χ4n) is 2.15. The van der Waals surface area contributed by atoms with Gasteiger partial charge in [0, 0.05) is 5.56 Å². The van der Waals surface area contributed by atoms with Crippen LogP contribution in [-0.4, -0.2) is 0 Å². The lowest BCUT2D eigenvalue weighted by Crippen LogP contribution is -1.88. The molecule has 2 heteroatoms. The fraction of sp³-hybridized carbons (Fsp3) is 0.0526. The molecule has 0 atom stereocenters. The summed E-state index contributed by atoms with van der Waals surface area (Å²) in [5.74, 6) is 1.11. The SMILES string of the molecule is Cc1ccc(-c2cc(Oc3ccccc3)ccc2F)cc1. The van der Waals surface area contributed by atoms with Crippen molar-refractivity contribution in [1.82, 2.24) is 0 Å². The first kappa shape index (κ1) is 13.4. The Labute approximate surface area is 123 Å². The molecule has 0 amide bonds. The Hall–Kier alpha value is -2.61. The highest BCUT2D eigenvalue weighted by atomic mass is 19.1. The van der Waals surface area contributed by atoms with Crippen molar-refractivity contribution >= 4 is 0 Å². The first-order valence-electron chi connectivity index (χ1n) is 6.82. The minimum absolute atomic E-state index is 0.251. The smallest absolute Gasteiger partial charge is 0.131 e. The zero-order valence-electron chi connectivity index (χ0n) is 11.7. The van der Waals surface area contributed by atoms with E-state index >= 15 is 0 Å². The van der Waals surface area contributed by atoms with E-state index in [9.17, 15) is 4.39 Å². The predicted molar refractivity (Wildman–Crippen MR) is 83.1 cm³/mol. The van der Waals surface area contributed by atoms with Crippen LogP contribution in [-0.2, 0) is 0 Å². The lowest BCUT2D eigenvalue weighted by molar-refractivity contribution is 0.481. The molecule has 0 saturated heterocycles. The maximum Gasteiger partial charge on any atom is 0.131 e. The Morgan fingerprint density at radius 1 is 0.762 bits per heavy atom. The molecular formula is C19H15FO. The van der Waals surface area contributed by atoms with Gasteiger partial charge in [0.1, 0.15) is 17.3 Å². The summed E-state index contributed by atoms with van der Waals surface area (Å²) in [5, 5.41) is 0. The standard InChI is InChI=1S/C19H15FO/c1-14-7-9-15(10-8-14)18-13-17(11-12-19(18)20)21-16-5-3-2-4-6-16/h2-13H,1H3. The summed E-state index contributed by atoms with van der Waals surface area (Å²) >= 11 is 0. The molecule has 3 aromatic rings. The highest BCUT2D eigenvalue weighted by Gasteiger charge is 2.07. The van der Waals surface area contributed by atoms with Crippen LogP contribution in [0.2, 0.25) is 0 Å². The van der Waals surface area contributed by atoms with Crippen LogP contribution in [0.3, 0.4) is 0 Å². The molecule has 3 aromatic carbocycles. The van der Waals surface area contributed by atoms with Gasteiger partial charge in [0.2, 0.25) is 0 Å². The van der Waals surface area contributed by atoms with Crippen molar-refractivity contribution in [2.75, 3.05) is 0 Å². The van der Waals surface area contributed by atoms with Gasteiger partial charge in [0.25, 0.3) is 0 Å². The topological polar surface area (TPSA) is 9.23 Å². The molecule has 0 spiro atoms. The Kier molecular flexibility index (Phi) is 3.69. The molecule has 0 aliphatic heterocycles. The van der Waals surface area contributed by atoms with Gasteiger partial charge in [-0.25, -0.2) is 4.39 Å². The lowest BCUT2D eigenvalue weighted by atomic mass is 10.0. The second kappa shape index (κ2) is 5.80. The zero-order valence-corrected chi connectivity index (χ0v) is 11.7. The number of ether oxygens (including phenoxy) is 1. The van der Waals surface area contributed by atoms with Gasteiger partial charge in [-0.1, -0.05) is 48.0 Å². The lowest BCUT2D eigenvalue weighted by Gasteiger charge is -2.09. The van der Waals surface area contributed by atoms with Crippen molar-refractivity contribution in [2.24, 2.45) is 0 Å². The van der Waals surface area contributed by atoms with Crippen molar-refractivity contribution in [3.05, 3.63) is 84.2 Å². The van der Waals surface area contributed by atoms with E-state index in [1.54, 1.807) is 12.1 Å². The van der Waals surface area contributed by atoms with Crippen LogP contribution in [0.25, 0.3) is 11.1 Å². The summed E-state index contributed by atoms with van der Waals surface area (Å²) in [4.78, 5) is 0. The van der Waals surface area contributed by atoms with Crippen molar-refractivity contribution in [2.45, 2.75) is 6.92 Å². The van der Waals surface area contributed by atoms with E-state index < -0.39 is 0 Å². The third kappa shape index (κ3) is 3.11. The molecule has 0 saturated carbocycles. The molecule has 0 N–H and O–H groups in total. The predicted octanol–water partition coefficient (Wildman–Crippen LogP) is 5.59. The van der Waals surface area contributed by atoms with Gasteiger partial charge < -0.3 is 4.74 Å². The van der Waals surface area contributed by atoms with Gasteiger partial charge in [-0.05, 0) is 42.8 Å². The van der Waals surface area contributed by atoms with Gasteiger partial charge in [-0.2, -0.15) is 0 Å². The van der Waals surface area contributed by atoms with Crippen molar-refractivity contribution in [3.63, 3.8) is 0 Å². The molecule has 0 fully saturated rings. The Morgan fingerprint density at radius 2 is 1.48 bits per heavy atom. The Bertz CT molecular complexity index is 733. The summed E-state index contributed by atoms with van der Waals surface area (Å²) in [7, 11) is 0. The van der Waals surface area contributed by atoms with Crippen LogP contribution < -0.4 is 4.74 Å². The van der Waals surface area contributed by atoms with Gasteiger partial charge in [-0.15, -0.1) is 0 Å². The van der Waals surface area contributed by atoms with Crippen molar-refractivity contribution in [3.8, 4) is 22.6 Å².